The molecule has 0 saturated carbocycles. The van der Waals surface area contributed by atoms with Crippen LogP contribution in [0.4, 0.5) is 18.9 Å². The fraction of sp³-hybridized carbons (Fsp3) is 0.105. The van der Waals surface area contributed by atoms with Crippen LogP contribution >= 0.6 is 11.3 Å². The zero-order chi connectivity index (χ0) is 21.1. The molecule has 29 heavy (non-hydrogen) atoms. The van der Waals surface area contributed by atoms with Crippen LogP contribution in [-0.4, -0.2) is 14.3 Å². The summed E-state index contributed by atoms with van der Waals surface area (Å²) in [5.41, 5.74) is 0.0593. The van der Waals surface area contributed by atoms with Gasteiger partial charge in [0.25, 0.3) is 15.9 Å². The van der Waals surface area contributed by atoms with Crippen LogP contribution in [0.3, 0.4) is 0 Å². The predicted molar refractivity (Wildman–Crippen MR) is 104 cm³/mol. The minimum absolute atomic E-state index is 0.0739. The zero-order valence-corrected chi connectivity index (χ0v) is 16.4. The normalized spacial score (nSPS) is 11.8. The summed E-state index contributed by atoms with van der Waals surface area (Å²) in [6.45, 7) is -0.0739. The highest BCUT2D eigenvalue weighted by molar-refractivity contribution is 7.94. The molecule has 0 spiro atoms. The Bertz CT molecular complexity index is 1090. The molecule has 1 amide bonds. The van der Waals surface area contributed by atoms with Crippen molar-refractivity contribution in [2.24, 2.45) is 0 Å². The fourth-order valence-electron chi connectivity index (χ4n) is 2.45. The van der Waals surface area contributed by atoms with Gasteiger partial charge in [0.1, 0.15) is 4.21 Å². The first kappa shape index (κ1) is 20.9. The second-order valence-corrected chi connectivity index (χ2v) is 8.85. The van der Waals surface area contributed by atoms with Crippen molar-refractivity contribution in [2.45, 2.75) is 16.9 Å². The van der Waals surface area contributed by atoms with Gasteiger partial charge in [0.2, 0.25) is 0 Å². The first-order chi connectivity index (χ1) is 13.6. The van der Waals surface area contributed by atoms with E-state index in [1.54, 1.807) is 11.4 Å². The maximum absolute atomic E-state index is 12.7. The molecule has 5 nitrogen and oxygen atoms in total. The summed E-state index contributed by atoms with van der Waals surface area (Å²) in [5.74, 6) is -0.491. The summed E-state index contributed by atoms with van der Waals surface area (Å²) < 4.78 is 65.2. The molecule has 1 aromatic heterocycles. The van der Waals surface area contributed by atoms with Gasteiger partial charge in [0.15, 0.2) is 0 Å². The van der Waals surface area contributed by atoms with E-state index in [1.165, 1.54) is 42.5 Å². The highest BCUT2D eigenvalue weighted by Crippen LogP contribution is 2.29. The molecular weight excluding hydrogens is 425 g/mol. The van der Waals surface area contributed by atoms with Crippen molar-refractivity contribution in [1.82, 2.24) is 5.32 Å². The van der Waals surface area contributed by atoms with E-state index < -0.39 is 27.7 Å². The number of anilines is 1. The van der Waals surface area contributed by atoms with Gasteiger partial charge < -0.3 is 5.32 Å². The smallest absolute Gasteiger partial charge is 0.348 e. The van der Waals surface area contributed by atoms with Gasteiger partial charge in [-0.1, -0.05) is 18.2 Å². The van der Waals surface area contributed by atoms with E-state index in [0.29, 0.717) is 5.56 Å². The Morgan fingerprint density at radius 2 is 1.72 bits per heavy atom. The van der Waals surface area contributed by atoms with Crippen LogP contribution in [0.25, 0.3) is 0 Å². The number of sulfonamides is 1. The molecule has 0 bridgehead atoms. The van der Waals surface area contributed by atoms with Crippen LogP contribution in [0.1, 0.15) is 21.5 Å². The quantitative estimate of drug-likeness (QED) is 0.593. The molecule has 1 heterocycles. The third kappa shape index (κ3) is 5.36. The molecule has 0 atom stereocenters. The van der Waals surface area contributed by atoms with E-state index in [4.69, 9.17) is 0 Å². The summed E-state index contributed by atoms with van der Waals surface area (Å²) in [6.07, 6.45) is -4.45. The molecule has 0 aliphatic carbocycles. The molecule has 0 unspecified atom stereocenters. The van der Waals surface area contributed by atoms with Crippen molar-refractivity contribution in [3.63, 3.8) is 0 Å². The Kier molecular flexibility index (Phi) is 5.94. The van der Waals surface area contributed by atoms with Gasteiger partial charge in [0.05, 0.1) is 5.56 Å². The number of amides is 1. The first-order valence-corrected chi connectivity index (χ1v) is 10.6. The lowest BCUT2D eigenvalue weighted by molar-refractivity contribution is -0.137. The lowest BCUT2D eigenvalue weighted by Crippen LogP contribution is -2.23. The Morgan fingerprint density at radius 3 is 2.34 bits per heavy atom. The molecule has 0 aliphatic heterocycles. The minimum atomic E-state index is -4.45. The number of alkyl halides is 3. The highest BCUT2D eigenvalue weighted by Gasteiger charge is 2.30. The summed E-state index contributed by atoms with van der Waals surface area (Å²) in [5, 5.41) is 4.19. The van der Waals surface area contributed by atoms with Crippen molar-refractivity contribution in [1.29, 1.82) is 0 Å². The number of carbonyl (C=O) groups excluding carboxylic acids is 1. The monoisotopic (exact) mass is 440 g/mol. The standard InChI is InChI=1S/C19H15F3N2O3S2/c20-19(21,22)15-4-1-3-13(11-15)12-23-18(25)14-6-8-16(9-7-14)24-29(26,27)17-5-2-10-28-17/h1-11,24H,12H2,(H,23,25). The van der Waals surface area contributed by atoms with Crippen molar-refractivity contribution in [2.75, 3.05) is 4.72 Å². The summed E-state index contributed by atoms with van der Waals surface area (Å²) in [4.78, 5) is 12.2. The molecule has 3 rings (SSSR count). The average Bonchev–Trinajstić information content (AvgIpc) is 3.22. The number of nitrogens with one attached hydrogen (secondary N) is 2. The van der Waals surface area contributed by atoms with E-state index in [0.717, 1.165) is 23.5 Å². The number of halogens is 3. The van der Waals surface area contributed by atoms with Gasteiger partial charge in [-0.25, -0.2) is 8.42 Å². The van der Waals surface area contributed by atoms with Crippen molar-refractivity contribution >= 4 is 33.0 Å². The van der Waals surface area contributed by atoms with Crippen LogP contribution < -0.4 is 10.0 Å². The second-order valence-electron chi connectivity index (χ2n) is 6.00. The number of carbonyl (C=O) groups is 1. The molecule has 0 fully saturated rings. The third-order valence-electron chi connectivity index (χ3n) is 3.87. The first-order valence-electron chi connectivity index (χ1n) is 8.26. The topological polar surface area (TPSA) is 75.3 Å². The largest absolute Gasteiger partial charge is 0.416 e. The van der Waals surface area contributed by atoms with E-state index in [2.05, 4.69) is 10.0 Å². The molecule has 3 aromatic rings. The maximum atomic E-state index is 12.7. The van der Waals surface area contributed by atoms with E-state index >= 15 is 0 Å². The van der Waals surface area contributed by atoms with Crippen LogP contribution in [0, 0.1) is 0 Å². The summed E-state index contributed by atoms with van der Waals surface area (Å²) >= 11 is 1.08. The van der Waals surface area contributed by atoms with Gasteiger partial charge in [-0.05, 0) is 53.4 Å². The van der Waals surface area contributed by atoms with E-state index in [1.807, 2.05) is 0 Å². The molecule has 0 radical (unpaired) electrons. The Morgan fingerprint density at radius 1 is 1.00 bits per heavy atom. The van der Waals surface area contributed by atoms with Crippen molar-refractivity contribution < 1.29 is 26.4 Å². The molecule has 2 N–H and O–H groups in total. The van der Waals surface area contributed by atoms with Crippen LogP contribution in [-0.2, 0) is 22.7 Å². The van der Waals surface area contributed by atoms with Gasteiger partial charge >= 0.3 is 6.18 Å². The Hall–Kier alpha value is -2.85. The molecule has 0 aliphatic rings. The number of rotatable bonds is 6. The summed E-state index contributed by atoms with van der Waals surface area (Å²) in [7, 11) is -3.69. The van der Waals surface area contributed by atoms with Crippen LogP contribution in [0.5, 0.6) is 0 Å². The van der Waals surface area contributed by atoms with E-state index in [9.17, 15) is 26.4 Å². The number of hydrogen-bond donors (Lipinski definition) is 2. The number of thiophene rings is 1. The van der Waals surface area contributed by atoms with E-state index in [-0.39, 0.29) is 22.0 Å². The Labute approximate surface area is 169 Å². The predicted octanol–water partition coefficient (Wildman–Crippen LogP) is 4.50. The molecule has 2 aromatic carbocycles. The number of hydrogen-bond acceptors (Lipinski definition) is 4. The zero-order valence-electron chi connectivity index (χ0n) is 14.7. The van der Waals surface area contributed by atoms with Crippen LogP contribution in [0.2, 0.25) is 0 Å². The highest BCUT2D eigenvalue weighted by atomic mass is 32.2. The SMILES string of the molecule is O=C(NCc1cccc(C(F)(F)F)c1)c1ccc(NS(=O)(=O)c2cccs2)cc1. The average molecular weight is 440 g/mol. The third-order valence-corrected chi connectivity index (χ3v) is 6.65. The molecular formula is C19H15F3N2O3S2. The fourth-order valence-corrected chi connectivity index (χ4v) is 4.50. The minimum Gasteiger partial charge on any atom is -0.348 e. The Balaban J connectivity index is 1.62. The molecule has 0 saturated heterocycles. The van der Waals surface area contributed by atoms with Crippen molar-refractivity contribution in [3.05, 3.63) is 82.7 Å². The lowest BCUT2D eigenvalue weighted by atomic mass is 10.1. The maximum Gasteiger partial charge on any atom is 0.416 e. The van der Waals surface area contributed by atoms with Gasteiger partial charge in [-0.3, -0.25) is 9.52 Å². The van der Waals surface area contributed by atoms with Gasteiger partial charge in [-0.2, -0.15) is 13.2 Å². The van der Waals surface area contributed by atoms with Gasteiger partial charge in [0, 0.05) is 17.8 Å². The van der Waals surface area contributed by atoms with Crippen molar-refractivity contribution in [3.8, 4) is 0 Å². The lowest BCUT2D eigenvalue weighted by Gasteiger charge is -2.10. The summed E-state index contributed by atoms with van der Waals surface area (Å²) in [6, 6.07) is 13.5. The molecule has 152 valence electrons. The van der Waals surface area contributed by atoms with Gasteiger partial charge in [-0.15, -0.1) is 11.3 Å². The second kappa shape index (κ2) is 8.26. The molecule has 10 heteroatoms. The van der Waals surface area contributed by atoms with Crippen LogP contribution in [0.15, 0.2) is 70.3 Å². The number of benzene rings is 2.